The van der Waals surface area contributed by atoms with Crippen LogP contribution in [0, 0.1) is 5.41 Å². The van der Waals surface area contributed by atoms with Crippen LogP contribution in [0.25, 0.3) is 0 Å². The molecule has 1 aromatic rings. The van der Waals surface area contributed by atoms with Crippen molar-refractivity contribution < 1.29 is 18.0 Å². The molecule has 3 rings (SSSR count). The molecule has 7 heteroatoms. The van der Waals surface area contributed by atoms with Crippen LogP contribution in [-0.4, -0.2) is 44.0 Å². The highest BCUT2D eigenvalue weighted by atomic mass is 32.2. The number of amides is 2. The maximum atomic E-state index is 12.5. The average molecular weight is 350 g/mol. The quantitative estimate of drug-likeness (QED) is 0.818. The fraction of sp³-hybridized carbons (Fsp3) is 0.529. The number of anilines is 1. The van der Waals surface area contributed by atoms with E-state index in [0.717, 1.165) is 36.7 Å². The number of hydrogen-bond acceptors (Lipinski definition) is 4. The third-order valence-electron chi connectivity index (χ3n) is 4.58. The lowest BCUT2D eigenvalue weighted by Gasteiger charge is -2.27. The molecule has 0 radical (unpaired) electrons. The van der Waals surface area contributed by atoms with E-state index in [0.29, 0.717) is 11.3 Å². The molecule has 2 heterocycles. The van der Waals surface area contributed by atoms with Crippen molar-refractivity contribution in [3.63, 3.8) is 0 Å². The van der Waals surface area contributed by atoms with Crippen LogP contribution in [-0.2, 0) is 14.8 Å². The Hall–Kier alpha value is -1.89. The Bertz CT molecular complexity index is 762. The first kappa shape index (κ1) is 17.0. The van der Waals surface area contributed by atoms with Gasteiger partial charge in [0.2, 0.25) is 15.9 Å². The smallest absolute Gasteiger partial charge is 0.253 e. The highest BCUT2D eigenvalue weighted by Crippen LogP contribution is 2.35. The van der Waals surface area contributed by atoms with Crippen LogP contribution in [0.3, 0.4) is 0 Å². The van der Waals surface area contributed by atoms with Gasteiger partial charge in [-0.3, -0.25) is 9.59 Å². The Labute approximate surface area is 142 Å². The number of hydrogen-bond donors (Lipinski definition) is 0. The number of piperidine rings is 1. The monoisotopic (exact) mass is 350 g/mol. The van der Waals surface area contributed by atoms with Gasteiger partial charge in [-0.2, -0.15) is 0 Å². The first-order chi connectivity index (χ1) is 11.2. The molecule has 0 N–H and O–H groups in total. The molecule has 0 atom stereocenters. The summed E-state index contributed by atoms with van der Waals surface area (Å²) in [6, 6.07) is 6.27. The summed E-state index contributed by atoms with van der Waals surface area (Å²) in [4.78, 5) is 26.7. The molecule has 130 valence electrons. The standard InChI is InChI=1S/C17H22N2O4S/c1-17(2)12-24(22,23)19(16(17)21)14-8-6-13(7-9-14)15(20)18-10-4-3-5-11-18/h6-9H,3-5,10-12H2,1-2H3. The first-order valence-corrected chi connectivity index (χ1v) is 9.80. The highest BCUT2D eigenvalue weighted by Gasteiger charge is 2.49. The van der Waals surface area contributed by atoms with Crippen LogP contribution in [0.4, 0.5) is 5.69 Å². The van der Waals surface area contributed by atoms with Crippen molar-refractivity contribution in [1.29, 1.82) is 0 Å². The molecule has 2 aliphatic rings. The minimum Gasteiger partial charge on any atom is -0.339 e. The highest BCUT2D eigenvalue weighted by molar-refractivity contribution is 7.94. The molecule has 0 saturated carbocycles. The molecular weight excluding hydrogens is 328 g/mol. The molecule has 2 amide bonds. The predicted octanol–water partition coefficient (Wildman–Crippen LogP) is 2.02. The number of rotatable bonds is 2. The maximum Gasteiger partial charge on any atom is 0.253 e. The van der Waals surface area contributed by atoms with E-state index in [-0.39, 0.29) is 11.7 Å². The van der Waals surface area contributed by atoms with Crippen molar-refractivity contribution in [2.75, 3.05) is 23.1 Å². The second kappa shape index (κ2) is 5.88. The fourth-order valence-electron chi connectivity index (χ4n) is 3.28. The van der Waals surface area contributed by atoms with Gasteiger partial charge in [-0.15, -0.1) is 0 Å². The van der Waals surface area contributed by atoms with Crippen molar-refractivity contribution in [1.82, 2.24) is 4.90 Å². The molecule has 2 fully saturated rings. The van der Waals surface area contributed by atoms with Crippen LogP contribution >= 0.6 is 0 Å². The lowest BCUT2D eigenvalue weighted by Crippen LogP contribution is -2.35. The summed E-state index contributed by atoms with van der Waals surface area (Å²) in [5.41, 5.74) is -0.120. The van der Waals surface area contributed by atoms with E-state index in [1.165, 1.54) is 12.1 Å². The van der Waals surface area contributed by atoms with E-state index in [1.54, 1.807) is 26.0 Å². The minimum atomic E-state index is -3.66. The molecule has 0 unspecified atom stereocenters. The molecule has 0 aliphatic carbocycles. The van der Waals surface area contributed by atoms with Gasteiger partial charge < -0.3 is 4.90 Å². The number of carbonyl (C=O) groups excluding carboxylic acids is 2. The largest absolute Gasteiger partial charge is 0.339 e. The summed E-state index contributed by atoms with van der Waals surface area (Å²) in [5, 5.41) is 0. The molecule has 24 heavy (non-hydrogen) atoms. The number of nitrogens with zero attached hydrogens (tertiary/aromatic N) is 2. The fourth-order valence-corrected chi connectivity index (χ4v) is 5.39. The number of likely N-dealkylation sites (tertiary alicyclic amines) is 1. The van der Waals surface area contributed by atoms with Crippen molar-refractivity contribution in [3.05, 3.63) is 29.8 Å². The average Bonchev–Trinajstić information content (AvgIpc) is 2.71. The van der Waals surface area contributed by atoms with Crippen molar-refractivity contribution >= 4 is 27.5 Å². The van der Waals surface area contributed by atoms with Gasteiger partial charge in [0.25, 0.3) is 5.91 Å². The lowest BCUT2D eigenvalue weighted by atomic mass is 9.95. The SMILES string of the molecule is CC1(C)CS(=O)(=O)N(c2ccc(C(=O)N3CCCCC3)cc2)C1=O. The van der Waals surface area contributed by atoms with Crippen LogP contribution in [0.5, 0.6) is 0 Å². The molecular formula is C17H22N2O4S. The van der Waals surface area contributed by atoms with E-state index in [1.807, 2.05) is 4.90 Å². The van der Waals surface area contributed by atoms with Crippen molar-refractivity contribution in [2.24, 2.45) is 5.41 Å². The summed E-state index contributed by atoms with van der Waals surface area (Å²) in [7, 11) is -3.66. The first-order valence-electron chi connectivity index (χ1n) is 8.19. The van der Waals surface area contributed by atoms with Gasteiger partial charge >= 0.3 is 0 Å². The van der Waals surface area contributed by atoms with Crippen LogP contribution in [0.1, 0.15) is 43.5 Å². The Kier molecular flexibility index (Phi) is 4.15. The van der Waals surface area contributed by atoms with Gasteiger partial charge in [-0.1, -0.05) is 0 Å². The summed E-state index contributed by atoms with van der Waals surface area (Å²) >= 11 is 0. The van der Waals surface area contributed by atoms with Gasteiger partial charge in [-0.05, 0) is 57.4 Å². The summed E-state index contributed by atoms with van der Waals surface area (Å²) in [6.07, 6.45) is 3.17. The van der Waals surface area contributed by atoms with Gasteiger partial charge in [0.1, 0.15) is 0 Å². The van der Waals surface area contributed by atoms with E-state index in [9.17, 15) is 18.0 Å². The van der Waals surface area contributed by atoms with Gasteiger partial charge in [0.15, 0.2) is 0 Å². The molecule has 0 aromatic heterocycles. The van der Waals surface area contributed by atoms with E-state index in [2.05, 4.69) is 0 Å². The zero-order valence-electron chi connectivity index (χ0n) is 14.0. The maximum absolute atomic E-state index is 12.5. The number of carbonyl (C=O) groups is 2. The molecule has 0 bridgehead atoms. The van der Waals surface area contributed by atoms with Crippen LogP contribution in [0.15, 0.2) is 24.3 Å². The molecule has 2 saturated heterocycles. The topological polar surface area (TPSA) is 74.8 Å². The number of sulfonamides is 1. The van der Waals surface area contributed by atoms with Crippen molar-refractivity contribution in [2.45, 2.75) is 33.1 Å². The Morgan fingerprint density at radius 1 is 1.04 bits per heavy atom. The summed E-state index contributed by atoms with van der Waals surface area (Å²) < 4.78 is 25.4. The third kappa shape index (κ3) is 2.92. The molecule has 6 nitrogen and oxygen atoms in total. The van der Waals surface area contributed by atoms with E-state index < -0.39 is 21.3 Å². The molecule has 0 spiro atoms. The molecule has 2 aliphatic heterocycles. The van der Waals surface area contributed by atoms with E-state index in [4.69, 9.17) is 0 Å². The van der Waals surface area contributed by atoms with E-state index >= 15 is 0 Å². The van der Waals surface area contributed by atoms with Crippen molar-refractivity contribution in [3.8, 4) is 0 Å². The zero-order chi connectivity index (χ0) is 17.5. The number of benzene rings is 1. The predicted molar refractivity (Wildman–Crippen MR) is 91.3 cm³/mol. The normalized spacial score (nSPS) is 22.7. The van der Waals surface area contributed by atoms with Crippen LogP contribution in [0.2, 0.25) is 0 Å². The molecule has 1 aromatic carbocycles. The second-order valence-corrected chi connectivity index (χ2v) is 8.93. The lowest BCUT2D eigenvalue weighted by molar-refractivity contribution is -0.123. The minimum absolute atomic E-state index is 0.0443. The Balaban J connectivity index is 1.84. The third-order valence-corrected chi connectivity index (χ3v) is 6.60. The summed E-state index contributed by atoms with van der Waals surface area (Å²) in [6.45, 7) is 4.77. The summed E-state index contributed by atoms with van der Waals surface area (Å²) in [5.74, 6) is -0.678. The van der Waals surface area contributed by atoms with Gasteiger partial charge in [-0.25, -0.2) is 12.7 Å². The zero-order valence-corrected chi connectivity index (χ0v) is 14.8. The van der Waals surface area contributed by atoms with Gasteiger partial charge in [0.05, 0.1) is 16.9 Å². The Morgan fingerprint density at radius 3 is 2.12 bits per heavy atom. The second-order valence-electron chi connectivity index (χ2n) is 7.11. The van der Waals surface area contributed by atoms with Crippen LogP contribution < -0.4 is 4.31 Å². The Morgan fingerprint density at radius 2 is 1.62 bits per heavy atom. The van der Waals surface area contributed by atoms with Gasteiger partial charge in [0, 0.05) is 18.7 Å².